The van der Waals surface area contributed by atoms with E-state index in [1.54, 1.807) is 6.07 Å². The van der Waals surface area contributed by atoms with Crippen molar-refractivity contribution < 1.29 is 14.7 Å². The number of aromatic carboxylic acids is 1. The molecule has 1 aromatic carbocycles. The van der Waals surface area contributed by atoms with Crippen LogP contribution in [0.2, 0.25) is 0 Å². The summed E-state index contributed by atoms with van der Waals surface area (Å²) in [7, 11) is 0. The monoisotopic (exact) mass is 443 g/mol. The van der Waals surface area contributed by atoms with E-state index in [4.69, 9.17) is 0 Å². The van der Waals surface area contributed by atoms with E-state index in [1.807, 2.05) is 47.0 Å². The Morgan fingerprint density at radius 1 is 1.07 bits per heavy atom. The molecule has 1 unspecified atom stereocenters. The minimum Gasteiger partial charge on any atom is -0.478 e. The summed E-state index contributed by atoms with van der Waals surface area (Å²) in [5.74, 6) is 1.86. The van der Waals surface area contributed by atoms with Gasteiger partial charge >= 0.3 is 5.97 Å². The van der Waals surface area contributed by atoms with Crippen molar-refractivity contribution in [2.75, 3.05) is 16.4 Å². The zero-order valence-electron chi connectivity index (χ0n) is 17.4. The number of carbonyl (C=O) groups is 2. The smallest absolute Gasteiger partial charge is 0.338 e. The lowest BCUT2D eigenvalue weighted by Crippen LogP contribution is -2.47. The predicted octanol–water partition coefficient (Wildman–Crippen LogP) is 6.17. The van der Waals surface area contributed by atoms with E-state index in [0.717, 1.165) is 60.5 Å². The number of thioether (sulfide) groups is 1. The van der Waals surface area contributed by atoms with Gasteiger partial charge in [0.15, 0.2) is 0 Å². The maximum atomic E-state index is 13.8. The number of anilines is 1. The summed E-state index contributed by atoms with van der Waals surface area (Å²) >= 11 is 3.32. The minimum absolute atomic E-state index is 0.0112. The van der Waals surface area contributed by atoms with Crippen molar-refractivity contribution in [3.05, 3.63) is 42.0 Å². The van der Waals surface area contributed by atoms with E-state index < -0.39 is 5.97 Å². The normalized spacial score (nSPS) is 24.4. The minimum atomic E-state index is -0.957. The van der Waals surface area contributed by atoms with E-state index in [0.29, 0.717) is 10.9 Å². The zero-order chi connectivity index (χ0) is 21.1. The number of rotatable bonds is 5. The fraction of sp³-hybridized carbons (Fsp3) is 0.500. The molecule has 0 radical (unpaired) electrons. The van der Waals surface area contributed by atoms with Crippen LogP contribution in [-0.2, 0) is 4.79 Å². The van der Waals surface area contributed by atoms with Gasteiger partial charge in [0.05, 0.1) is 5.56 Å². The fourth-order valence-corrected chi connectivity index (χ4v) is 6.89. The van der Waals surface area contributed by atoms with Crippen molar-refractivity contribution in [3.63, 3.8) is 0 Å². The van der Waals surface area contributed by atoms with Gasteiger partial charge in [0.2, 0.25) is 5.91 Å². The van der Waals surface area contributed by atoms with E-state index in [1.165, 1.54) is 11.3 Å². The van der Waals surface area contributed by atoms with Crippen LogP contribution in [0.3, 0.4) is 0 Å². The maximum absolute atomic E-state index is 13.8. The third kappa shape index (κ3) is 4.59. The van der Waals surface area contributed by atoms with Crippen LogP contribution in [0.25, 0.3) is 10.4 Å². The van der Waals surface area contributed by atoms with Crippen LogP contribution in [0.4, 0.5) is 5.00 Å². The third-order valence-corrected chi connectivity index (χ3v) is 8.71. The van der Waals surface area contributed by atoms with Crippen molar-refractivity contribution in [2.45, 2.75) is 51.5 Å². The quantitative estimate of drug-likeness (QED) is 0.600. The van der Waals surface area contributed by atoms with Gasteiger partial charge in [-0.25, -0.2) is 4.79 Å². The number of hydrogen-bond acceptors (Lipinski definition) is 4. The Balaban J connectivity index is 1.73. The lowest BCUT2D eigenvalue weighted by Gasteiger charge is -2.37. The number of carbonyl (C=O) groups excluding carboxylic acids is 1. The second-order valence-corrected chi connectivity index (χ2v) is 10.7. The second kappa shape index (κ2) is 9.56. The lowest BCUT2D eigenvalue weighted by molar-refractivity contribution is -0.124. The first-order valence-electron chi connectivity index (χ1n) is 10.9. The number of carboxylic acids is 1. The van der Waals surface area contributed by atoms with E-state index in [-0.39, 0.29) is 23.4 Å². The predicted molar refractivity (Wildman–Crippen MR) is 126 cm³/mol. The summed E-state index contributed by atoms with van der Waals surface area (Å²) in [5.41, 5.74) is 1.25. The molecule has 1 aliphatic carbocycles. The van der Waals surface area contributed by atoms with Crippen molar-refractivity contribution >= 4 is 40.0 Å². The average molecular weight is 444 g/mol. The molecule has 1 atom stereocenters. The Hall–Kier alpha value is -1.79. The molecule has 1 aromatic heterocycles. The van der Waals surface area contributed by atoms with Crippen molar-refractivity contribution in [2.24, 2.45) is 11.8 Å². The van der Waals surface area contributed by atoms with Gasteiger partial charge in [-0.1, -0.05) is 37.3 Å². The summed E-state index contributed by atoms with van der Waals surface area (Å²) in [5, 5.41) is 10.6. The van der Waals surface area contributed by atoms with Crippen molar-refractivity contribution in [3.8, 4) is 10.4 Å². The van der Waals surface area contributed by atoms with Gasteiger partial charge in [0, 0.05) is 22.6 Å². The van der Waals surface area contributed by atoms with Gasteiger partial charge in [-0.05, 0) is 61.8 Å². The van der Waals surface area contributed by atoms with Gasteiger partial charge in [-0.3, -0.25) is 9.69 Å². The molecule has 4 rings (SSSR count). The molecule has 1 saturated carbocycles. The van der Waals surface area contributed by atoms with E-state index in [9.17, 15) is 14.7 Å². The highest BCUT2D eigenvalue weighted by molar-refractivity contribution is 7.99. The van der Waals surface area contributed by atoms with Crippen molar-refractivity contribution in [1.29, 1.82) is 0 Å². The molecule has 6 heteroatoms. The molecule has 1 saturated heterocycles. The molecule has 0 bridgehead atoms. The van der Waals surface area contributed by atoms with Crippen LogP contribution in [0.15, 0.2) is 36.4 Å². The largest absolute Gasteiger partial charge is 0.478 e. The highest BCUT2D eigenvalue weighted by Gasteiger charge is 2.36. The van der Waals surface area contributed by atoms with Crippen LogP contribution < -0.4 is 4.90 Å². The molecule has 1 N–H and O–H groups in total. The Bertz CT molecular complexity index is 881. The van der Waals surface area contributed by atoms with Crippen LogP contribution in [0.1, 0.15) is 55.8 Å². The van der Waals surface area contributed by atoms with Crippen LogP contribution >= 0.6 is 23.1 Å². The number of hydrogen-bond donors (Lipinski definition) is 1. The first-order chi connectivity index (χ1) is 14.5. The maximum Gasteiger partial charge on any atom is 0.338 e. The second-order valence-electron chi connectivity index (χ2n) is 8.54. The number of amides is 1. The SMILES string of the molecule is CC1CCC(C(=O)N(c2sc(-c3ccccc3)cc2C(=O)O)C2CCCSC2)CC1. The number of carboxylic acid groups (broad SMARTS) is 1. The van der Waals surface area contributed by atoms with Crippen LogP contribution in [-0.4, -0.2) is 34.5 Å². The van der Waals surface area contributed by atoms with E-state index in [2.05, 4.69) is 6.92 Å². The number of nitrogens with zero attached hydrogens (tertiary/aromatic N) is 1. The molecule has 160 valence electrons. The van der Waals surface area contributed by atoms with Gasteiger partial charge in [0.25, 0.3) is 0 Å². The molecule has 30 heavy (non-hydrogen) atoms. The molecule has 1 amide bonds. The van der Waals surface area contributed by atoms with Gasteiger partial charge < -0.3 is 5.11 Å². The number of benzene rings is 1. The summed E-state index contributed by atoms with van der Waals surface area (Å²) in [4.78, 5) is 28.7. The summed E-state index contributed by atoms with van der Waals surface area (Å²) in [6, 6.07) is 11.7. The molecular weight excluding hydrogens is 414 g/mol. The first-order valence-corrected chi connectivity index (χ1v) is 12.8. The zero-order valence-corrected chi connectivity index (χ0v) is 19.0. The Labute approximate surface area is 186 Å². The Kier molecular flexibility index (Phi) is 6.84. The van der Waals surface area contributed by atoms with Crippen LogP contribution in [0.5, 0.6) is 0 Å². The summed E-state index contributed by atoms with van der Waals surface area (Å²) < 4.78 is 0. The molecule has 0 spiro atoms. The van der Waals surface area contributed by atoms with Crippen molar-refractivity contribution in [1.82, 2.24) is 0 Å². The van der Waals surface area contributed by atoms with Gasteiger partial charge in [0.1, 0.15) is 5.00 Å². The summed E-state index contributed by atoms with van der Waals surface area (Å²) in [6.45, 7) is 2.25. The molecule has 2 aromatic rings. The Morgan fingerprint density at radius 3 is 2.43 bits per heavy atom. The molecule has 2 fully saturated rings. The molecule has 4 nitrogen and oxygen atoms in total. The number of thiophene rings is 1. The lowest BCUT2D eigenvalue weighted by atomic mass is 9.82. The van der Waals surface area contributed by atoms with Gasteiger partial charge in [-0.15, -0.1) is 11.3 Å². The Morgan fingerprint density at radius 2 is 1.80 bits per heavy atom. The topological polar surface area (TPSA) is 57.6 Å². The first kappa shape index (κ1) is 21.4. The summed E-state index contributed by atoms with van der Waals surface area (Å²) in [6.07, 6.45) is 6.00. The molecule has 2 aliphatic rings. The highest BCUT2D eigenvalue weighted by Crippen LogP contribution is 2.42. The fourth-order valence-electron chi connectivity index (χ4n) is 4.54. The molecule has 1 aliphatic heterocycles. The van der Waals surface area contributed by atoms with Gasteiger partial charge in [-0.2, -0.15) is 11.8 Å². The third-order valence-electron chi connectivity index (χ3n) is 6.32. The molecular formula is C24H29NO3S2. The van der Waals surface area contributed by atoms with Crippen LogP contribution in [0, 0.1) is 11.8 Å². The highest BCUT2D eigenvalue weighted by atomic mass is 32.2. The standard InChI is InChI=1S/C24H29NO3S2/c1-16-9-11-18(12-10-16)22(26)25(19-8-5-13-29-15-19)23-20(24(27)28)14-21(30-23)17-6-3-2-4-7-17/h2-4,6-7,14,16,18-19H,5,8-13,15H2,1H3,(H,27,28). The molecule has 2 heterocycles. The van der Waals surface area contributed by atoms with E-state index >= 15 is 0 Å². The average Bonchev–Trinajstić information content (AvgIpc) is 3.21.